The smallest absolute Gasteiger partial charge is 0.135 e. The predicted octanol–water partition coefficient (Wildman–Crippen LogP) is 1.85. The summed E-state index contributed by atoms with van der Waals surface area (Å²) in [5, 5.41) is 0. The molecule has 0 aromatic rings. The highest BCUT2D eigenvalue weighted by atomic mass is 16.5. The summed E-state index contributed by atoms with van der Waals surface area (Å²) in [5.74, 6) is 0.906. The average Bonchev–Trinajstić information content (AvgIpc) is 1.64. The van der Waals surface area contributed by atoms with E-state index in [0.717, 1.165) is 12.2 Å². The maximum Gasteiger partial charge on any atom is 0.135 e. The molecule has 0 N–H and O–H groups in total. The minimum atomic E-state index is 0.358. The molecular weight excluding hydrogens is 100 g/mol. The lowest BCUT2D eigenvalue weighted by atomic mass is 10.2. The van der Waals surface area contributed by atoms with Gasteiger partial charge < -0.3 is 4.74 Å². The molecule has 0 radical (unpaired) electrons. The Balaban J connectivity index is 2.63. The summed E-state index contributed by atoms with van der Waals surface area (Å²) < 4.78 is 5.26. The Morgan fingerprint density at radius 1 is 1.88 bits per heavy atom. The van der Waals surface area contributed by atoms with Crippen molar-refractivity contribution in [3.05, 3.63) is 17.6 Å². The van der Waals surface area contributed by atoms with Crippen LogP contribution in [0.1, 0.15) is 20.3 Å². The van der Waals surface area contributed by atoms with Crippen LogP contribution in [-0.4, -0.2) is 6.10 Å². The Labute approximate surface area is 49.7 Å². The van der Waals surface area contributed by atoms with Crippen molar-refractivity contribution in [2.45, 2.75) is 26.4 Å². The van der Waals surface area contributed by atoms with E-state index in [-0.39, 0.29) is 0 Å². The van der Waals surface area contributed by atoms with Crippen LogP contribution in [0, 0.1) is 0 Å². The molecule has 0 saturated carbocycles. The van der Waals surface area contributed by atoms with E-state index in [9.17, 15) is 0 Å². The predicted molar refractivity (Wildman–Crippen MR) is 32.4 cm³/mol. The van der Waals surface area contributed by atoms with Gasteiger partial charge >= 0.3 is 0 Å². The second-order valence-electron chi connectivity index (χ2n) is 2.07. The maximum atomic E-state index is 5.26. The molecule has 0 amide bonds. The fourth-order valence-electron chi connectivity index (χ4n) is 0.753. The van der Waals surface area contributed by atoms with Gasteiger partial charge in [0.25, 0.3) is 0 Å². The number of ether oxygens (including phenoxy) is 1. The van der Waals surface area contributed by atoms with Crippen LogP contribution in [0.5, 0.6) is 0 Å². The first kappa shape index (κ1) is 5.46. The van der Waals surface area contributed by atoms with E-state index in [1.807, 2.05) is 13.0 Å². The third kappa shape index (κ3) is 1.14. The Morgan fingerprint density at radius 2 is 2.62 bits per heavy atom. The van der Waals surface area contributed by atoms with Crippen LogP contribution < -0.4 is 0 Å². The van der Waals surface area contributed by atoms with Crippen molar-refractivity contribution < 1.29 is 4.74 Å². The summed E-state index contributed by atoms with van der Waals surface area (Å²) in [6.07, 6.45) is 3.37. The molecule has 1 aliphatic heterocycles. The standard InChI is InChI=1S/C7H10O/c1-6-4-3-5-7(2)8-6/h3,6H,4H2,1-2H3. The second-order valence-corrected chi connectivity index (χ2v) is 2.07. The summed E-state index contributed by atoms with van der Waals surface area (Å²) in [6, 6.07) is 0. The van der Waals surface area contributed by atoms with E-state index in [4.69, 9.17) is 4.74 Å². The van der Waals surface area contributed by atoms with Gasteiger partial charge in [-0.05, 0) is 13.0 Å². The molecule has 1 heterocycles. The van der Waals surface area contributed by atoms with Crippen molar-refractivity contribution in [1.82, 2.24) is 0 Å². The quantitative estimate of drug-likeness (QED) is 0.432. The molecule has 1 atom stereocenters. The van der Waals surface area contributed by atoms with E-state index in [1.54, 1.807) is 0 Å². The lowest BCUT2D eigenvalue weighted by Gasteiger charge is -2.13. The van der Waals surface area contributed by atoms with Gasteiger partial charge in [-0.25, -0.2) is 0 Å². The van der Waals surface area contributed by atoms with Crippen molar-refractivity contribution in [2.24, 2.45) is 0 Å². The van der Waals surface area contributed by atoms with Gasteiger partial charge in [0.15, 0.2) is 0 Å². The highest BCUT2D eigenvalue weighted by Crippen LogP contribution is 2.08. The van der Waals surface area contributed by atoms with Crippen molar-refractivity contribution in [3.8, 4) is 0 Å². The highest BCUT2D eigenvalue weighted by Gasteiger charge is 2.02. The minimum Gasteiger partial charge on any atom is -0.487 e. The number of hydrogen-bond acceptors (Lipinski definition) is 1. The van der Waals surface area contributed by atoms with E-state index < -0.39 is 0 Å². The van der Waals surface area contributed by atoms with Gasteiger partial charge in [0.1, 0.15) is 11.9 Å². The maximum absolute atomic E-state index is 5.26. The molecule has 1 nitrogen and oxygen atoms in total. The van der Waals surface area contributed by atoms with Gasteiger partial charge in [-0.15, -0.1) is 0 Å². The minimum absolute atomic E-state index is 0.358. The molecule has 1 unspecified atom stereocenters. The van der Waals surface area contributed by atoms with Crippen LogP contribution in [0.4, 0.5) is 0 Å². The second kappa shape index (κ2) is 2.06. The molecule has 1 rings (SSSR count). The van der Waals surface area contributed by atoms with Crippen molar-refractivity contribution in [2.75, 3.05) is 0 Å². The SMILES string of the molecule is CC1=C=CCC(C)O1. The van der Waals surface area contributed by atoms with E-state index in [1.165, 1.54) is 0 Å². The zero-order valence-corrected chi connectivity index (χ0v) is 5.27. The van der Waals surface area contributed by atoms with Crippen molar-refractivity contribution >= 4 is 0 Å². The normalized spacial score (nSPS) is 26.8. The van der Waals surface area contributed by atoms with Crippen LogP contribution in [0.25, 0.3) is 0 Å². The first-order valence-corrected chi connectivity index (χ1v) is 2.87. The lowest BCUT2D eigenvalue weighted by molar-refractivity contribution is 0.131. The Kier molecular flexibility index (Phi) is 1.40. The van der Waals surface area contributed by atoms with Crippen LogP contribution >= 0.6 is 0 Å². The van der Waals surface area contributed by atoms with E-state index in [0.29, 0.717) is 6.10 Å². The summed E-state index contributed by atoms with van der Waals surface area (Å²) >= 11 is 0. The zero-order valence-electron chi connectivity index (χ0n) is 5.27. The molecule has 0 fully saturated rings. The fraction of sp³-hybridized carbons (Fsp3) is 0.571. The third-order valence-corrected chi connectivity index (χ3v) is 1.13. The number of rotatable bonds is 0. The van der Waals surface area contributed by atoms with Gasteiger partial charge in [0, 0.05) is 13.3 Å². The largest absolute Gasteiger partial charge is 0.487 e. The van der Waals surface area contributed by atoms with E-state index >= 15 is 0 Å². The molecule has 0 bridgehead atoms. The van der Waals surface area contributed by atoms with Gasteiger partial charge in [0.2, 0.25) is 0 Å². The lowest BCUT2D eigenvalue weighted by Crippen LogP contribution is -2.06. The molecule has 44 valence electrons. The molecule has 0 aliphatic carbocycles. The van der Waals surface area contributed by atoms with Crippen LogP contribution in [0.3, 0.4) is 0 Å². The first-order valence-electron chi connectivity index (χ1n) is 2.87. The monoisotopic (exact) mass is 110 g/mol. The van der Waals surface area contributed by atoms with Crippen molar-refractivity contribution in [3.63, 3.8) is 0 Å². The molecule has 0 aromatic heterocycles. The summed E-state index contributed by atoms with van der Waals surface area (Å²) in [5.41, 5.74) is 2.98. The molecule has 1 heteroatoms. The Morgan fingerprint density at radius 3 is 3.00 bits per heavy atom. The molecule has 8 heavy (non-hydrogen) atoms. The van der Waals surface area contributed by atoms with Gasteiger partial charge in [-0.2, -0.15) is 0 Å². The highest BCUT2D eigenvalue weighted by molar-refractivity contribution is 4.95. The third-order valence-electron chi connectivity index (χ3n) is 1.13. The zero-order chi connectivity index (χ0) is 5.98. The van der Waals surface area contributed by atoms with Crippen molar-refractivity contribution in [1.29, 1.82) is 0 Å². The molecule has 0 aromatic carbocycles. The Bertz CT molecular complexity index is 140. The van der Waals surface area contributed by atoms with Crippen LogP contribution in [-0.2, 0) is 4.74 Å². The molecule has 0 saturated heterocycles. The molecule has 0 spiro atoms. The van der Waals surface area contributed by atoms with Gasteiger partial charge in [-0.3, -0.25) is 0 Å². The average molecular weight is 110 g/mol. The molecular formula is C7H10O. The van der Waals surface area contributed by atoms with Gasteiger partial charge in [-0.1, -0.05) is 5.73 Å². The topological polar surface area (TPSA) is 9.23 Å². The number of hydrogen-bond donors (Lipinski definition) is 0. The Hall–Kier alpha value is -0.680. The summed E-state index contributed by atoms with van der Waals surface area (Å²) in [6.45, 7) is 3.98. The van der Waals surface area contributed by atoms with Crippen LogP contribution in [0.2, 0.25) is 0 Å². The van der Waals surface area contributed by atoms with E-state index in [2.05, 4.69) is 12.7 Å². The fourth-order valence-corrected chi connectivity index (χ4v) is 0.753. The van der Waals surface area contributed by atoms with Gasteiger partial charge in [0.05, 0.1) is 0 Å². The summed E-state index contributed by atoms with van der Waals surface area (Å²) in [4.78, 5) is 0. The first-order chi connectivity index (χ1) is 3.79. The molecule has 1 aliphatic rings. The summed E-state index contributed by atoms with van der Waals surface area (Å²) in [7, 11) is 0. The van der Waals surface area contributed by atoms with Crippen LogP contribution in [0.15, 0.2) is 17.6 Å².